The van der Waals surface area contributed by atoms with E-state index >= 15 is 0 Å². The van der Waals surface area contributed by atoms with E-state index < -0.39 is 17.3 Å². The zero-order valence-electron chi connectivity index (χ0n) is 24.5. The van der Waals surface area contributed by atoms with Gasteiger partial charge >= 0.3 is 5.97 Å². The lowest BCUT2D eigenvalue weighted by molar-refractivity contribution is -0.152. The van der Waals surface area contributed by atoms with Crippen LogP contribution in [0.1, 0.15) is 36.1 Å². The molecule has 0 aromatic heterocycles. The number of hydrogen-bond acceptors (Lipinski definition) is 8. The quantitative estimate of drug-likeness (QED) is 0.274. The normalized spacial score (nSPS) is 17.4. The van der Waals surface area contributed by atoms with Crippen LogP contribution in [0, 0.1) is 0 Å². The van der Waals surface area contributed by atoms with Crippen molar-refractivity contribution in [1.82, 2.24) is 4.90 Å². The Kier molecular flexibility index (Phi) is 10.2. The summed E-state index contributed by atoms with van der Waals surface area (Å²) in [4.78, 5) is 31.2. The average Bonchev–Trinajstić information content (AvgIpc) is 3.09. The molecule has 0 bridgehead atoms. The van der Waals surface area contributed by atoms with Gasteiger partial charge in [-0.05, 0) is 60.5 Å². The number of thioether (sulfide) groups is 1. The zero-order chi connectivity index (χ0) is 29.5. The van der Waals surface area contributed by atoms with Crippen molar-refractivity contribution in [3.05, 3.63) is 77.9 Å². The van der Waals surface area contributed by atoms with E-state index in [1.54, 1.807) is 26.2 Å². The minimum atomic E-state index is -0.978. The van der Waals surface area contributed by atoms with E-state index in [2.05, 4.69) is 17.9 Å². The summed E-state index contributed by atoms with van der Waals surface area (Å²) in [5.41, 5.74) is 2.84. The molecular formula is C32H38N2O6S. The van der Waals surface area contributed by atoms with E-state index in [1.807, 2.05) is 67.7 Å². The van der Waals surface area contributed by atoms with Crippen LogP contribution in [0.2, 0.25) is 0 Å². The van der Waals surface area contributed by atoms with Crippen LogP contribution < -0.4 is 19.1 Å². The van der Waals surface area contributed by atoms with Crippen molar-refractivity contribution in [3.8, 4) is 17.2 Å². The van der Waals surface area contributed by atoms with Crippen molar-refractivity contribution in [2.45, 2.75) is 36.0 Å². The van der Waals surface area contributed by atoms with Crippen LogP contribution in [0.25, 0.3) is 0 Å². The largest absolute Gasteiger partial charge is 0.497 e. The monoisotopic (exact) mass is 578 g/mol. The number of likely N-dealkylation sites (N-methyl/N-ethyl adjacent to an activating group) is 1. The van der Waals surface area contributed by atoms with Crippen molar-refractivity contribution in [2.75, 3.05) is 52.9 Å². The highest BCUT2D eigenvalue weighted by molar-refractivity contribution is 7.99. The second-order valence-electron chi connectivity index (χ2n) is 10.1. The number of rotatable bonds is 11. The molecule has 1 amide bonds. The number of hydrogen-bond donors (Lipinski definition) is 0. The zero-order valence-corrected chi connectivity index (χ0v) is 25.3. The van der Waals surface area contributed by atoms with Gasteiger partial charge in [0, 0.05) is 31.5 Å². The fourth-order valence-electron chi connectivity index (χ4n) is 5.03. The molecule has 0 aliphatic carbocycles. The van der Waals surface area contributed by atoms with Gasteiger partial charge in [0.1, 0.15) is 5.75 Å². The van der Waals surface area contributed by atoms with Crippen LogP contribution in [0.15, 0.2) is 71.6 Å². The van der Waals surface area contributed by atoms with Crippen molar-refractivity contribution in [2.24, 2.45) is 0 Å². The van der Waals surface area contributed by atoms with Gasteiger partial charge in [-0.1, -0.05) is 37.3 Å². The van der Waals surface area contributed by atoms with Gasteiger partial charge in [-0.15, -0.1) is 11.8 Å². The van der Waals surface area contributed by atoms with Crippen molar-refractivity contribution >= 4 is 29.3 Å². The van der Waals surface area contributed by atoms with Gasteiger partial charge in [0.05, 0.1) is 32.3 Å². The fraction of sp³-hybridized carbons (Fsp3) is 0.375. The number of benzene rings is 3. The molecule has 0 spiro atoms. The Balaban J connectivity index is 1.55. The molecule has 3 aromatic carbocycles. The molecule has 1 heterocycles. The average molecular weight is 579 g/mol. The van der Waals surface area contributed by atoms with E-state index in [-0.39, 0.29) is 11.8 Å². The highest BCUT2D eigenvalue weighted by Gasteiger charge is 2.40. The third-order valence-electron chi connectivity index (χ3n) is 7.20. The molecule has 1 unspecified atom stereocenters. The predicted octanol–water partition coefficient (Wildman–Crippen LogP) is 5.56. The first-order valence-electron chi connectivity index (χ1n) is 13.5. The number of nitrogens with zero attached hydrogens (tertiary/aromatic N) is 2. The lowest BCUT2D eigenvalue weighted by atomic mass is 10.00. The number of esters is 1. The molecule has 3 atom stereocenters. The summed E-state index contributed by atoms with van der Waals surface area (Å²) < 4.78 is 21.9. The molecule has 4 rings (SSSR count). The van der Waals surface area contributed by atoms with Crippen LogP contribution in [0.5, 0.6) is 17.2 Å². The first kappa shape index (κ1) is 30.3. The van der Waals surface area contributed by atoms with E-state index in [9.17, 15) is 9.59 Å². The van der Waals surface area contributed by atoms with Crippen molar-refractivity contribution in [1.29, 1.82) is 0 Å². The van der Waals surface area contributed by atoms with Crippen LogP contribution in [0.4, 0.5) is 5.69 Å². The van der Waals surface area contributed by atoms with Crippen LogP contribution in [-0.2, 0) is 14.3 Å². The highest BCUT2D eigenvalue weighted by atomic mass is 32.2. The Morgan fingerprint density at radius 2 is 1.68 bits per heavy atom. The smallest absolute Gasteiger partial charge is 0.303 e. The Morgan fingerprint density at radius 3 is 2.34 bits per heavy atom. The molecule has 0 saturated heterocycles. The Labute approximate surface area is 246 Å². The van der Waals surface area contributed by atoms with Gasteiger partial charge in [-0.25, -0.2) is 0 Å². The molecule has 0 fully saturated rings. The number of carbonyl (C=O) groups is 2. The standard InChI is InChI=1S/C32H38N2O6S/c1-21(24-13-16-27(38-5)28(19-24)39-6)20-33(3)17-18-34-26-9-7-8-10-29(26)41-31(30(32(34)36)40-22(2)35)23-11-14-25(37-4)15-12-23/h7-16,19,21,30-31H,17-18,20H2,1-6H3/t21?,30-,31+/m0/s1. The molecule has 8 nitrogen and oxygen atoms in total. The van der Waals surface area contributed by atoms with Crippen molar-refractivity contribution < 1.29 is 28.5 Å². The summed E-state index contributed by atoms with van der Waals surface area (Å²) in [6, 6.07) is 21.4. The number of ether oxygens (including phenoxy) is 4. The summed E-state index contributed by atoms with van der Waals surface area (Å²) >= 11 is 1.53. The molecule has 1 aliphatic heterocycles. The first-order chi connectivity index (χ1) is 19.7. The molecule has 0 radical (unpaired) electrons. The summed E-state index contributed by atoms with van der Waals surface area (Å²) in [6.45, 7) is 5.35. The molecule has 9 heteroatoms. The van der Waals surface area contributed by atoms with E-state index in [1.165, 1.54) is 18.7 Å². The number of carbonyl (C=O) groups excluding carboxylic acids is 2. The van der Waals surface area contributed by atoms with Crippen molar-refractivity contribution in [3.63, 3.8) is 0 Å². The Hall–Kier alpha value is -3.69. The molecule has 41 heavy (non-hydrogen) atoms. The first-order valence-corrected chi connectivity index (χ1v) is 14.4. The summed E-state index contributed by atoms with van der Waals surface area (Å²) in [5, 5.41) is -0.411. The van der Waals surface area contributed by atoms with E-state index in [4.69, 9.17) is 18.9 Å². The molecule has 218 valence electrons. The van der Waals surface area contributed by atoms with Crippen LogP contribution in [-0.4, -0.2) is 70.9 Å². The molecule has 0 N–H and O–H groups in total. The summed E-state index contributed by atoms with van der Waals surface area (Å²) in [7, 11) is 6.92. The Morgan fingerprint density at radius 1 is 0.976 bits per heavy atom. The summed E-state index contributed by atoms with van der Waals surface area (Å²) in [6.07, 6.45) is -0.978. The lowest BCUT2D eigenvalue weighted by Gasteiger charge is -2.30. The maximum atomic E-state index is 14.1. The third-order valence-corrected chi connectivity index (χ3v) is 8.57. The predicted molar refractivity (Wildman–Crippen MR) is 161 cm³/mol. The highest BCUT2D eigenvalue weighted by Crippen LogP contribution is 2.47. The SMILES string of the molecule is COc1ccc([C@H]2Sc3ccccc3N(CCN(C)CC(C)c3ccc(OC)c(OC)c3)C(=O)[C@H]2OC(C)=O)cc1. The third kappa shape index (κ3) is 7.15. The van der Waals surface area contributed by atoms with Crippen LogP contribution in [0.3, 0.4) is 0 Å². The van der Waals surface area contributed by atoms with E-state index in [0.717, 1.165) is 34.0 Å². The fourth-order valence-corrected chi connectivity index (χ4v) is 6.35. The molecule has 0 saturated carbocycles. The van der Waals surface area contributed by atoms with Gasteiger partial charge in [-0.3, -0.25) is 9.59 Å². The minimum absolute atomic E-state index is 0.218. The number of methoxy groups -OCH3 is 3. The van der Waals surface area contributed by atoms with Gasteiger partial charge in [0.25, 0.3) is 5.91 Å². The van der Waals surface area contributed by atoms with Crippen LogP contribution >= 0.6 is 11.8 Å². The molecular weight excluding hydrogens is 540 g/mol. The lowest BCUT2D eigenvalue weighted by Crippen LogP contribution is -2.45. The number of fused-ring (bicyclic) bond motifs is 1. The van der Waals surface area contributed by atoms with Gasteiger partial charge < -0.3 is 28.7 Å². The molecule has 1 aliphatic rings. The number of amides is 1. The second-order valence-corrected chi connectivity index (χ2v) is 11.3. The maximum Gasteiger partial charge on any atom is 0.303 e. The number of para-hydroxylation sites is 1. The summed E-state index contributed by atoms with van der Waals surface area (Å²) in [5.74, 6) is 1.61. The minimum Gasteiger partial charge on any atom is -0.497 e. The van der Waals surface area contributed by atoms with Gasteiger partial charge in [0.2, 0.25) is 0 Å². The van der Waals surface area contributed by atoms with Gasteiger partial charge in [-0.2, -0.15) is 0 Å². The topological polar surface area (TPSA) is 77.5 Å². The second kappa shape index (κ2) is 13.8. The van der Waals surface area contributed by atoms with Gasteiger partial charge in [0.15, 0.2) is 17.6 Å². The maximum absolute atomic E-state index is 14.1. The van der Waals surface area contributed by atoms with E-state index in [0.29, 0.717) is 24.6 Å². The number of anilines is 1. The molecule has 3 aromatic rings. The Bertz CT molecular complexity index is 1350.